The highest BCUT2D eigenvalue weighted by molar-refractivity contribution is 7.62. The van der Waals surface area contributed by atoms with Crippen LogP contribution in [0, 0.1) is 11.5 Å². The first kappa shape index (κ1) is 14.5. The molecule has 3 heteroatoms. The van der Waals surface area contributed by atoms with Crippen LogP contribution in [0.15, 0.2) is 30.3 Å². The Morgan fingerprint density at radius 3 is 1.71 bits per heavy atom. The van der Waals surface area contributed by atoms with E-state index in [-0.39, 0.29) is 0 Å². The van der Waals surface area contributed by atoms with Crippen LogP contribution >= 0.6 is 0 Å². The van der Waals surface area contributed by atoms with Crippen LogP contribution in [0.2, 0.25) is 39.3 Å². The lowest BCUT2D eigenvalue weighted by Gasteiger charge is -2.32. The Morgan fingerprint density at radius 2 is 1.29 bits per heavy atom. The minimum Gasteiger partial charge on any atom is -0.136 e. The van der Waals surface area contributed by atoms with Gasteiger partial charge in [0.1, 0.15) is 7.83 Å². The van der Waals surface area contributed by atoms with Crippen molar-refractivity contribution in [3.05, 3.63) is 35.9 Å². The number of hydrogen-bond donors (Lipinski definition) is 0. The summed E-state index contributed by atoms with van der Waals surface area (Å²) in [4.78, 5) is 0. The molecule has 17 heavy (non-hydrogen) atoms. The van der Waals surface area contributed by atoms with E-state index in [0.717, 1.165) is 0 Å². The van der Waals surface area contributed by atoms with Gasteiger partial charge in [0.25, 0.3) is 0 Å². The van der Waals surface area contributed by atoms with Gasteiger partial charge in [0, 0.05) is 20.7 Å². The predicted molar refractivity (Wildman–Crippen MR) is 87.2 cm³/mol. The fourth-order valence-corrected chi connectivity index (χ4v) is 40.4. The maximum Gasteiger partial charge on any atom is 0.107 e. The van der Waals surface area contributed by atoms with E-state index in [1.54, 1.807) is 0 Å². The van der Waals surface area contributed by atoms with Crippen LogP contribution in [-0.2, 0) is 0 Å². The molecule has 0 aliphatic heterocycles. The maximum atomic E-state index is 3.73. The molecule has 0 unspecified atom stereocenters. The fraction of sp³-hybridized carbons (Fsp3) is 0.429. The highest BCUT2D eigenvalue weighted by Crippen LogP contribution is 2.17. The maximum absolute atomic E-state index is 3.73. The van der Waals surface area contributed by atoms with Crippen molar-refractivity contribution in [3.8, 4) is 11.5 Å². The van der Waals surface area contributed by atoms with E-state index < -0.39 is 23.0 Å². The Bertz CT molecular complexity index is 399. The Labute approximate surface area is 110 Å². The van der Waals surface area contributed by atoms with Gasteiger partial charge in [-0.15, -0.1) is 5.54 Å². The molecule has 92 valence electrons. The Morgan fingerprint density at radius 1 is 0.824 bits per heavy atom. The SMILES string of the molecule is C[Si](C)(C)[SiH](C#Cc1ccccc1)[Si](C)(C)C. The summed E-state index contributed by atoms with van der Waals surface area (Å²) < 4.78 is 0. The first-order chi connectivity index (χ1) is 7.71. The quantitative estimate of drug-likeness (QED) is 0.571. The average molecular weight is 277 g/mol. The molecule has 0 fully saturated rings. The summed E-state index contributed by atoms with van der Waals surface area (Å²) in [5.74, 6) is 3.44. The van der Waals surface area contributed by atoms with Crippen LogP contribution in [0.25, 0.3) is 0 Å². The van der Waals surface area contributed by atoms with Gasteiger partial charge in [-0.25, -0.2) is 0 Å². The van der Waals surface area contributed by atoms with Crippen LogP contribution in [0.5, 0.6) is 0 Å². The zero-order chi connectivity index (χ0) is 13.1. The highest BCUT2D eigenvalue weighted by Gasteiger charge is 2.37. The number of hydrogen-bond acceptors (Lipinski definition) is 0. The molecule has 0 nitrogen and oxygen atoms in total. The Kier molecular flexibility index (Phi) is 4.59. The molecule has 0 N–H and O–H groups in total. The molecule has 0 spiro atoms. The van der Waals surface area contributed by atoms with Crippen molar-refractivity contribution in [3.63, 3.8) is 0 Å². The molecule has 0 heterocycles. The summed E-state index contributed by atoms with van der Waals surface area (Å²) in [6.45, 7) is 15.0. The minimum atomic E-state index is -1.05. The fourth-order valence-electron chi connectivity index (χ4n) is 2.41. The number of benzene rings is 1. The van der Waals surface area contributed by atoms with E-state index in [1.807, 2.05) is 0 Å². The zero-order valence-corrected chi connectivity index (χ0v) is 15.1. The lowest BCUT2D eigenvalue weighted by molar-refractivity contribution is 1.65. The smallest absolute Gasteiger partial charge is 0.107 e. The lowest BCUT2D eigenvalue weighted by Crippen LogP contribution is -2.58. The molecule has 0 aliphatic rings. The normalized spacial score (nSPS) is 12.2. The van der Waals surface area contributed by atoms with Crippen molar-refractivity contribution in [2.24, 2.45) is 0 Å². The molecule has 1 aromatic rings. The van der Waals surface area contributed by atoms with E-state index in [0.29, 0.717) is 0 Å². The van der Waals surface area contributed by atoms with Gasteiger partial charge in [0.2, 0.25) is 0 Å². The minimum absolute atomic E-state index is 0.863. The molecule has 1 rings (SSSR count). The molecule has 0 aliphatic carbocycles. The van der Waals surface area contributed by atoms with E-state index in [2.05, 4.69) is 81.1 Å². The summed E-state index contributed by atoms with van der Waals surface area (Å²) in [5.41, 5.74) is 4.91. The second kappa shape index (κ2) is 5.38. The van der Waals surface area contributed by atoms with E-state index in [9.17, 15) is 0 Å². The summed E-state index contributed by atoms with van der Waals surface area (Å²) in [6.07, 6.45) is 0. The molecular weight excluding hydrogens is 252 g/mol. The van der Waals surface area contributed by atoms with Crippen LogP contribution in [0.3, 0.4) is 0 Å². The van der Waals surface area contributed by atoms with E-state index >= 15 is 0 Å². The third kappa shape index (κ3) is 4.66. The third-order valence-corrected chi connectivity index (χ3v) is 33.6. The Balaban J connectivity index is 3.01. The van der Waals surface area contributed by atoms with Crippen molar-refractivity contribution in [1.82, 2.24) is 0 Å². The van der Waals surface area contributed by atoms with E-state index in [4.69, 9.17) is 0 Å². The molecule has 0 saturated carbocycles. The standard InChI is InChI=1S/C14H24Si3/c1-16(2,3)15(17(4,5)6)13-12-14-10-8-7-9-11-14/h7-11,15H,1-6H3. The van der Waals surface area contributed by atoms with Gasteiger partial charge in [-0.2, -0.15) is 0 Å². The van der Waals surface area contributed by atoms with Gasteiger partial charge in [-0.3, -0.25) is 0 Å². The van der Waals surface area contributed by atoms with E-state index in [1.165, 1.54) is 5.56 Å². The monoisotopic (exact) mass is 276 g/mol. The molecule has 1 aromatic carbocycles. The van der Waals surface area contributed by atoms with Gasteiger partial charge >= 0.3 is 0 Å². The highest BCUT2D eigenvalue weighted by atomic mass is 29.6. The summed E-state index contributed by atoms with van der Waals surface area (Å²) in [6, 6.07) is 10.4. The summed E-state index contributed by atoms with van der Waals surface area (Å²) in [7, 11) is -2.96. The van der Waals surface area contributed by atoms with Crippen LogP contribution in [-0.4, -0.2) is 23.0 Å². The van der Waals surface area contributed by atoms with Gasteiger partial charge in [-0.05, 0) is 12.1 Å². The van der Waals surface area contributed by atoms with Crippen molar-refractivity contribution < 1.29 is 0 Å². The Hall–Kier alpha value is -0.569. The first-order valence-electron chi connectivity index (χ1n) is 6.28. The molecule has 0 saturated heterocycles. The molecule has 0 aromatic heterocycles. The molecule has 0 atom stereocenters. The van der Waals surface area contributed by atoms with Gasteiger partial charge in [0.15, 0.2) is 0 Å². The first-order valence-corrected chi connectivity index (χ1v) is 17.5. The third-order valence-electron chi connectivity index (χ3n) is 2.87. The largest absolute Gasteiger partial charge is 0.136 e. The van der Waals surface area contributed by atoms with Crippen molar-refractivity contribution in [2.45, 2.75) is 39.3 Å². The lowest BCUT2D eigenvalue weighted by atomic mass is 10.2. The van der Waals surface area contributed by atoms with Crippen molar-refractivity contribution in [1.29, 1.82) is 0 Å². The van der Waals surface area contributed by atoms with Crippen LogP contribution < -0.4 is 0 Å². The van der Waals surface area contributed by atoms with Crippen molar-refractivity contribution in [2.75, 3.05) is 0 Å². The van der Waals surface area contributed by atoms with Crippen LogP contribution in [0.1, 0.15) is 5.56 Å². The molecule has 0 radical (unpaired) electrons. The van der Waals surface area contributed by atoms with Gasteiger partial charge < -0.3 is 0 Å². The topological polar surface area (TPSA) is 0 Å². The second-order valence-electron chi connectivity index (χ2n) is 6.80. The number of rotatable bonds is 2. The summed E-state index contributed by atoms with van der Waals surface area (Å²) in [5, 5.41) is 0. The molecule has 0 amide bonds. The zero-order valence-electron chi connectivity index (χ0n) is 12.0. The summed E-state index contributed by atoms with van der Waals surface area (Å²) >= 11 is 0. The average Bonchev–Trinajstić information content (AvgIpc) is 2.15. The molecular formula is C14H24Si3. The van der Waals surface area contributed by atoms with Crippen LogP contribution in [0.4, 0.5) is 0 Å². The molecule has 0 bridgehead atoms. The van der Waals surface area contributed by atoms with Gasteiger partial charge in [0.05, 0.1) is 0 Å². The predicted octanol–water partition coefficient (Wildman–Crippen LogP) is 3.64. The van der Waals surface area contributed by atoms with Gasteiger partial charge in [-0.1, -0.05) is 63.4 Å². The van der Waals surface area contributed by atoms with Crippen molar-refractivity contribution >= 4 is 23.0 Å². The second-order valence-corrected chi connectivity index (χ2v) is 33.0.